The van der Waals surface area contributed by atoms with Gasteiger partial charge in [0.05, 0.1) is 11.4 Å². The van der Waals surface area contributed by atoms with E-state index >= 15 is 0 Å². The number of carbonyl (C=O) groups is 2. The van der Waals surface area contributed by atoms with Gasteiger partial charge in [0.25, 0.3) is 11.1 Å². The SMILES string of the molecule is Cc1cccc(OCCN2C(=O)S/C(=C\c3c(OS(=O)(=O)c4ccc(Cl)cc4)ccc4ccccc34)C2=O)c1. The molecule has 1 saturated heterocycles. The summed E-state index contributed by atoms with van der Waals surface area (Å²) in [5.74, 6) is 0.187. The van der Waals surface area contributed by atoms with Crippen LogP contribution in [0.3, 0.4) is 0 Å². The van der Waals surface area contributed by atoms with Crippen LogP contribution in [0.4, 0.5) is 4.79 Å². The second kappa shape index (κ2) is 11.1. The third kappa shape index (κ3) is 5.95. The summed E-state index contributed by atoms with van der Waals surface area (Å²) < 4.78 is 37.3. The molecule has 1 fully saturated rings. The lowest BCUT2D eigenvalue weighted by atomic mass is 10.0. The van der Waals surface area contributed by atoms with Gasteiger partial charge in [-0.1, -0.05) is 54.1 Å². The number of halogens is 1. The average molecular weight is 580 g/mol. The van der Waals surface area contributed by atoms with Gasteiger partial charge in [-0.15, -0.1) is 0 Å². The van der Waals surface area contributed by atoms with Gasteiger partial charge in [0.2, 0.25) is 0 Å². The van der Waals surface area contributed by atoms with Crippen LogP contribution in [0.2, 0.25) is 5.02 Å². The second-order valence-corrected chi connectivity index (χ2v) is 11.7. The first-order valence-electron chi connectivity index (χ1n) is 11.9. The lowest BCUT2D eigenvalue weighted by Crippen LogP contribution is -2.32. The number of aryl methyl sites for hydroxylation is 1. The minimum atomic E-state index is -4.20. The van der Waals surface area contributed by atoms with Gasteiger partial charge in [0, 0.05) is 10.6 Å². The van der Waals surface area contributed by atoms with E-state index in [1.807, 2.05) is 37.3 Å². The number of imide groups is 1. The summed E-state index contributed by atoms with van der Waals surface area (Å²) in [5.41, 5.74) is 1.40. The Morgan fingerprint density at radius 2 is 1.72 bits per heavy atom. The molecule has 0 radical (unpaired) electrons. The maximum absolute atomic E-state index is 13.2. The van der Waals surface area contributed by atoms with Crippen LogP contribution in [0.25, 0.3) is 16.8 Å². The van der Waals surface area contributed by atoms with Crippen LogP contribution in [-0.2, 0) is 14.9 Å². The molecule has 0 bridgehead atoms. The number of carbonyl (C=O) groups excluding carboxylic acids is 2. The Morgan fingerprint density at radius 1 is 0.949 bits per heavy atom. The van der Waals surface area contributed by atoms with Crippen molar-refractivity contribution in [1.29, 1.82) is 0 Å². The Kier molecular flexibility index (Phi) is 7.65. The fraction of sp³-hybridized carbons (Fsp3) is 0.103. The molecule has 0 N–H and O–H groups in total. The van der Waals surface area contributed by atoms with E-state index in [1.165, 1.54) is 36.4 Å². The fourth-order valence-corrected chi connectivity index (χ4v) is 5.97. The molecule has 5 rings (SSSR count). The molecular formula is C29H22ClNO6S2. The standard InChI is InChI=1S/C29H22ClNO6S2/c1-19-5-4-7-22(17-19)36-16-15-31-28(32)27(38-29(31)33)18-25-24-8-3-2-6-20(24)9-14-26(25)37-39(34,35)23-12-10-21(30)11-13-23/h2-14,17-18H,15-16H2,1H3/b27-18-. The summed E-state index contributed by atoms with van der Waals surface area (Å²) >= 11 is 6.68. The summed E-state index contributed by atoms with van der Waals surface area (Å²) in [4.78, 5) is 27.1. The van der Waals surface area contributed by atoms with E-state index in [0.717, 1.165) is 27.6 Å². The fourth-order valence-electron chi connectivity index (χ4n) is 4.05. The van der Waals surface area contributed by atoms with Gasteiger partial charge in [-0.05, 0) is 83.6 Å². The summed E-state index contributed by atoms with van der Waals surface area (Å²) in [7, 11) is -4.20. The largest absolute Gasteiger partial charge is 0.492 e. The number of nitrogens with zero attached hydrogens (tertiary/aromatic N) is 1. The molecule has 1 aliphatic heterocycles. The molecule has 0 aromatic heterocycles. The van der Waals surface area contributed by atoms with Gasteiger partial charge >= 0.3 is 10.1 Å². The van der Waals surface area contributed by atoms with Crippen molar-refractivity contribution in [3.63, 3.8) is 0 Å². The normalized spacial score (nSPS) is 14.8. The van der Waals surface area contributed by atoms with Gasteiger partial charge in [-0.25, -0.2) is 0 Å². The first-order valence-corrected chi connectivity index (χ1v) is 14.5. The molecule has 0 aliphatic carbocycles. The number of hydrogen-bond acceptors (Lipinski definition) is 7. The molecule has 39 heavy (non-hydrogen) atoms. The Hall–Kier alpha value is -3.79. The van der Waals surface area contributed by atoms with E-state index in [0.29, 0.717) is 21.7 Å². The molecular weight excluding hydrogens is 558 g/mol. The molecule has 7 nitrogen and oxygen atoms in total. The predicted molar refractivity (Wildman–Crippen MR) is 153 cm³/mol. The minimum absolute atomic E-state index is 0.0261. The molecule has 4 aromatic carbocycles. The molecule has 1 heterocycles. The predicted octanol–water partition coefficient (Wildman–Crippen LogP) is 6.68. The van der Waals surface area contributed by atoms with Crippen LogP contribution in [0.5, 0.6) is 11.5 Å². The number of rotatable bonds is 8. The third-order valence-electron chi connectivity index (χ3n) is 5.95. The molecule has 10 heteroatoms. The van der Waals surface area contributed by atoms with Gasteiger partial charge in [0.15, 0.2) is 5.75 Å². The van der Waals surface area contributed by atoms with Crippen LogP contribution < -0.4 is 8.92 Å². The number of fused-ring (bicyclic) bond motifs is 1. The van der Waals surface area contributed by atoms with Gasteiger partial charge in [0.1, 0.15) is 17.3 Å². The number of benzene rings is 4. The quantitative estimate of drug-likeness (QED) is 0.170. The van der Waals surface area contributed by atoms with E-state index < -0.39 is 21.3 Å². The van der Waals surface area contributed by atoms with E-state index in [1.54, 1.807) is 24.3 Å². The average Bonchev–Trinajstić information content (AvgIpc) is 3.17. The van der Waals surface area contributed by atoms with Gasteiger partial charge in [-0.3, -0.25) is 14.5 Å². The van der Waals surface area contributed by atoms with Crippen LogP contribution in [0, 0.1) is 6.92 Å². The minimum Gasteiger partial charge on any atom is -0.492 e. The van der Waals surface area contributed by atoms with Crippen molar-refractivity contribution in [2.75, 3.05) is 13.2 Å². The lowest BCUT2D eigenvalue weighted by molar-refractivity contribution is -0.123. The van der Waals surface area contributed by atoms with Crippen molar-refractivity contribution < 1.29 is 26.9 Å². The monoisotopic (exact) mass is 579 g/mol. The topological polar surface area (TPSA) is 90.0 Å². The summed E-state index contributed by atoms with van der Waals surface area (Å²) in [6.07, 6.45) is 1.50. The molecule has 198 valence electrons. The number of hydrogen-bond donors (Lipinski definition) is 0. The highest BCUT2D eigenvalue weighted by Gasteiger charge is 2.35. The molecule has 4 aromatic rings. The highest BCUT2D eigenvalue weighted by molar-refractivity contribution is 8.18. The number of thioether (sulfide) groups is 1. The summed E-state index contributed by atoms with van der Waals surface area (Å²) in [6, 6.07) is 23.7. The first kappa shape index (κ1) is 26.8. The Bertz CT molecular complexity index is 1720. The van der Waals surface area contributed by atoms with Crippen molar-refractivity contribution in [1.82, 2.24) is 4.90 Å². The van der Waals surface area contributed by atoms with Crippen LogP contribution in [0.1, 0.15) is 11.1 Å². The Morgan fingerprint density at radius 3 is 2.49 bits per heavy atom. The Labute approximate surface area is 235 Å². The van der Waals surface area contributed by atoms with Crippen molar-refractivity contribution in [3.05, 3.63) is 106 Å². The third-order valence-corrected chi connectivity index (χ3v) is 8.36. The van der Waals surface area contributed by atoms with E-state index in [-0.39, 0.29) is 28.7 Å². The maximum atomic E-state index is 13.2. The van der Waals surface area contributed by atoms with Crippen LogP contribution in [-0.4, -0.2) is 37.6 Å². The molecule has 0 saturated carbocycles. The zero-order valence-electron chi connectivity index (χ0n) is 20.7. The Balaban J connectivity index is 1.43. The van der Waals surface area contributed by atoms with Gasteiger partial charge in [-0.2, -0.15) is 8.42 Å². The maximum Gasteiger partial charge on any atom is 0.339 e. The van der Waals surface area contributed by atoms with Crippen molar-refractivity contribution in [2.45, 2.75) is 11.8 Å². The molecule has 1 aliphatic rings. The van der Waals surface area contributed by atoms with Crippen LogP contribution in [0.15, 0.2) is 94.7 Å². The number of ether oxygens (including phenoxy) is 1. The highest BCUT2D eigenvalue weighted by atomic mass is 35.5. The van der Waals surface area contributed by atoms with E-state index in [2.05, 4.69) is 0 Å². The van der Waals surface area contributed by atoms with Crippen molar-refractivity contribution in [2.24, 2.45) is 0 Å². The smallest absolute Gasteiger partial charge is 0.339 e. The van der Waals surface area contributed by atoms with Crippen molar-refractivity contribution in [3.8, 4) is 11.5 Å². The van der Waals surface area contributed by atoms with Gasteiger partial charge < -0.3 is 8.92 Å². The molecule has 0 spiro atoms. The van der Waals surface area contributed by atoms with E-state index in [9.17, 15) is 18.0 Å². The van der Waals surface area contributed by atoms with Crippen molar-refractivity contribution >= 4 is 61.5 Å². The van der Waals surface area contributed by atoms with Crippen LogP contribution >= 0.6 is 23.4 Å². The molecule has 2 amide bonds. The molecule has 0 unspecified atom stereocenters. The summed E-state index contributed by atoms with van der Waals surface area (Å²) in [5, 5.41) is 1.43. The van der Waals surface area contributed by atoms with E-state index in [4.69, 9.17) is 20.5 Å². The number of amides is 2. The lowest BCUT2D eigenvalue weighted by Gasteiger charge is -2.14. The first-order chi connectivity index (χ1) is 18.7. The summed E-state index contributed by atoms with van der Waals surface area (Å²) in [6.45, 7) is 2.15. The second-order valence-electron chi connectivity index (χ2n) is 8.69. The highest BCUT2D eigenvalue weighted by Crippen LogP contribution is 2.37. The zero-order chi connectivity index (χ0) is 27.6. The zero-order valence-corrected chi connectivity index (χ0v) is 23.1. The molecule has 0 atom stereocenters.